The third kappa shape index (κ3) is 2.98. The first-order valence-corrected chi connectivity index (χ1v) is 6.83. The molecule has 0 spiro atoms. The van der Waals surface area contributed by atoms with E-state index in [1.807, 2.05) is 22.6 Å². The van der Waals surface area contributed by atoms with E-state index in [9.17, 15) is 4.79 Å². The molecule has 1 aliphatic rings. The molecule has 0 radical (unpaired) electrons. The quantitative estimate of drug-likeness (QED) is 0.620. The van der Waals surface area contributed by atoms with Crippen molar-refractivity contribution in [1.82, 2.24) is 9.78 Å². The predicted octanol–water partition coefficient (Wildman–Crippen LogP) is 2.36. The van der Waals surface area contributed by atoms with Crippen molar-refractivity contribution in [3.8, 4) is 0 Å². The first-order chi connectivity index (χ1) is 8.22. The minimum absolute atomic E-state index is 0.0413. The largest absolute Gasteiger partial charge is 0.462 e. The van der Waals surface area contributed by atoms with Gasteiger partial charge in [-0.25, -0.2) is 9.48 Å². The Kier molecular flexibility index (Phi) is 4.38. The van der Waals surface area contributed by atoms with Crippen LogP contribution in [-0.2, 0) is 9.47 Å². The van der Waals surface area contributed by atoms with E-state index in [2.05, 4.69) is 5.10 Å². The lowest BCUT2D eigenvalue weighted by molar-refractivity contribution is -0.0397. The van der Waals surface area contributed by atoms with E-state index in [4.69, 9.17) is 9.47 Å². The van der Waals surface area contributed by atoms with Gasteiger partial charge in [-0.1, -0.05) is 0 Å². The summed E-state index contributed by atoms with van der Waals surface area (Å²) in [6.07, 6.45) is 4.85. The van der Waals surface area contributed by atoms with Gasteiger partial charge in [0.2, 0.25) is 0 Å². The van der Waals surface area contributed by atoms with Crippen LogP contribution in [0.15, 0.2) is 6.20 Å². The Morgan fingerprint density at radius 2 is 2.53 bits per heavy atom. The maximum atomic E-state index is 11.6. The third-order valence-corrected chi connectivity index (χ3v) is 3.43. The average molecular weight is 350 g/mol. The molecule has 0 unspecified atom stereocenters. The maximum absolute atomic E-state index is 11.6. The molecule has 0 bridgehead atoms. The zero-order chi connectivity index (χ0) is 12.3. The molecular formula is C11H15IN2O3. The lowest BCUT2D eigenvalue weighted by atomic mass is 10.2. The lowest BCUT2D eigenvalue weighted by Crippen LogP contribution is -2.18. The van der Waals surface area contributed by atoms with Crippen molar-refractivity contribution in [3.63, 3.8) is 0 Å². The number of nitrogens with zero attached hydrogens (tertiary/aromatic N) is 2. The normalized spacial score (nSPS) is 20.2. The SMILES string of the molecule is CCOC(=O)c1cn([C@H]2CCCCO2)nc1I. The van der Waals surface area contributed by atoms with E-state index in [0.29, 0.717) is 15.9 Å². The van der Waals surface area contributed by atoms with Gasteiger partial charge in [-0.3, -0.25) is 0 Å². The zero-order valence-corrected chi connectivity index (χ0v) is 11.8. The number of hydrogen-bond acceptors (Lipinski definition) is 4. The summed E-state index contributed by atoms with van der Waals surface area (Å²) >= 11 is 2.04. The smallest absolute Gasteiger partial charge is 0.342 e. The van der Waals surface area contributed by atoms with E-state index in [0.717, 1.165) is 25.9 Å². The Labute approximate surface area is 114 Å². The van der Waals surface area contributed by atoms with Gasteiger partial charge in [-0.2, -0.15) is 5.10 Å². The third-order valence-electron chi connectivity index (χ3n) is 2.63. The van der Waals surface area contributed by atoms with Gasteiger partial charge >= 0.3 is 5.97 Å². The molecule has 1 atom stereocenters. The number of hydrogen-bond donors (Lipinski definition) is 0. The van der Waals surface area contributed by atoms with Crippen molar-refractivity contribution in [3.05, 3.63) is 15.5 Å². The second kappa shape index (κ2) is 5.81. The topological polar surface area (TPSA) is 53.4 Å². The summed E-state index contributed by atoms with van der Waals surface area (Å²) in [4.78, 5) is 11.6. The molecule has 2 rings (SSSR count). The molecule has 94 valence electrons. The van der Waals surface area contributed by atoms with Crippen molar-refractivity contribution < 1.29 is 14.3 Å². The monoisotopic (exact) mass is 350 g/mol. The molecule has 6 heteroatoms. The van der Waals surface area contributed by atoms with Gasteiger partial charge in [0.1, 0.15) is 15.5 Å². The summed E-state index contributed by atoms with van der Waals surface area (Å²) < 4.78 is 13.0. The number of ether oxygens (including phenoxy) is 2. The minimum atomic E-state index is -0.320. The molecule has 2 heterocycles. The number of halogens is 1. The van der Waals surface area contributed by atoms with Crippen molar-refractivity contribution in [2.24, 2.45) is 0 Å². The van der Waals surface area contributed by atoms with Crippen LogP contribution in [-0.4, -0.2) is 29.0 Å². The van der Waals surface area contributed by atoms with Crippen LogP contribution in [0.4, 0.5) is 0 Å². The average Bonchev–Trinajstić information content (AvgIpc) is 2.73. The molecule has 17 heavy (non-hydrogen) atoms. The number of rotatable bonds is 3. The minimum Gasteiger partial charge on any atom is -0.462 e. The van der Waals surface area contributed by atoms with Crippen LogP contribution in [0.3, 0.4) is 0 Å². The highest BCUT2D eigenvalue weighted by Crippen LogP contribution is 2.23. The predicted molar refractivity (Wildman–Crippen MR) is 69.7 cm³/mol. The van der Waals surface area contributed by atoms with Crippen LogP contribution in [0.25, 0.3) is 0 Å². The molecule has 5 nitrogen and oxygen atoms in total. The number of esters is 1. The van der Waals surface area contributed by atoms with E-state index >= 15 is 0 Å². The summed E-state index contributed by atoms with van der Waals surface area (Å²) in [6.45, 7) is 2.93. The van der Waals surface area contributed by atoms with Crippen LogP contribution in [0.5, 0.6) is 0 Å². The van der Waals surface area contributed by atoms with Gasteiger partial charge in [0.05, 0.1) is 6.61 Å². The number of aromatic nitrogens is 2. The van der Waals surface area contributed by atoms with Crippen molar-refractivity contribution in [2.45, 2.75) is 32.4 Å². The second-order valence-corrected chi connectivity index (χ2v) is 4.88. The summed E-state index contributed by atoms with van der Waals surface area (Å²) in [5, 5.41) is 4.32. The van der Waals surface area contributed by atoms with Gasteiger partial charge in [0.25, 0.3) is 0 Å². The maximum Gasteiger partial charge on any atom is 0.342 e. The van der Waals surface area contributed by atoms with Crippen LogP contribution >= 0.6 is 22.6 Å². The van der Waals surface area contributed by atoms with E-state index in [1.54, 1.807) is 17.8 Å². The molecule has 0 amide bonds. The van der Waals surface area contributed by atoms with E-state index in [-0.39, 0.29) is 12.2 Å². The fourth-order valence-corrected chi connectivity index (χ4v) is 2.40. The second-order valence-electron chi connectivity index (χ2n) is 3.86. The fraction of sp³-hybridized carbons (Fsp3) is 0.636. The zero-order valence-electron chi connectivity index (χ0n) is 9.69. The fourth-order valence-electron chi connectivity index (χ4n) is 1.80. The van der Waals surface area contributed by atoms with E-state index in [1.165, 1.54) is 0 Å². The summed E-state index contributed by atoms with van der Waals surface area (Å²) in [5.74, 6) is -0.320. The first kappa shape index (κ1) is 12.8. The highest BCUT2D eigenvalue weighted by atomic mass is 127. The first-order valence-electron chi connectivity index (χ1n) is 5.75. The van der Waals surface area contributed by atoms with Gasteiger partial charge in [0.15, 0.2) is 0 Å². The summed E-state index contributed by atoms with van der Waals surface area (Å²) in [7, 11) is 0. The Morgan fingerprint density at radius 3 is 3.18 bits per heavy atom. The van der Waals surface area contributed by atoms with Crippen LogP contribution in [0.2, 0.25) is 0 Å². The van der Waals surface area contributed by atoms with Gasteiger partial charge in [-0.05, 0) is 48.8 Å². The number of carbonyl (C=O) groups is 1. The molecule has 1 saturated heterocycles. The Hall–Kier alpha value is -0.630. The number of carbonyl (C=O) groups excluding carboxylic acids is 1. The van der Waals surface area contributed by atoms with Crippen molar-refractivity contribution in [2.75, 3.05) is 13.2 Å². The lowest BCUT2D eigenvalue weighted by Gasteiger charge is -2.22. The molecule has 0 aromatic carbocycles. The molecule has 1 fully saturated rings. The molecule has 1 aliphatic heterocycles. The highest BCUT2D eigenvalue weighted by molar-refractivity contribution is 14.1. The molecule has 1 aromatic rings. The van der Waals surface area contributed by atoms with Crippen LogP contribution in [0.1, 0.15) is 42.8 Å². The molecule has 0 aliphatic carbocycles. The molecular weight excluding hydrogens is 335 g/mol. The van der Waals surface area contributed by atoms with Crippen molar-refractivity contribution >= 4 is 28.6 Å². The molecule has 0 saturated carbocycles. The standard InChI is InChI=1S/C11H15IN2O3/c1-2-16-11(15)8-7-14(13-10(8)12)9-5-3-4-6-17-9/h7,9H,2-6H2,1H3/t9-/m1/s1. The summed E-state index contributed by atoms with van der Waals surface area (Å²) in [6, 6.07) is 0. The Morgan fingerprint density at radius 1 is 1.71 bits per heavy atom. The summed E-state index contributed by atoms with van der Waals surface area (Å²) in [5.41, 5.74) is 0.515. The van der Waals surface area contributed by atoms with Crippen LogP contribution < -0.4 is 0 Å². The molecule has 0 N–H and O–H groups in total. The van der Waals surface area contributed by atoms with Crippen molar-refractivity contribution in [1.29, 1.82) is 0 Å². The van der Waals surface area contributed by atoms with Gasteiger partial charge in [0, 0.05) is 12.8 Å². The highest BCUT2D eigenvalue weighted by Gasteiger charge is 2.21. The Bertz CT molecular complexity index is 399. The van der Waals surface area contributed by atoms with E-state index < -0.39 is 0 Å². The van der Waals surface area contributed by atoms with Crippen LogP contribution in [0, 0.1) is 3.70 Å². The van der Waals surface area contributed by atoms with Gasteiger partial charge < -0.3 is 9.47 Å². The molecule has 1 aromatic heterocycles. The van der Waals surface area contributed by atoms with Gasteiger partial charge in [-0.15, -0.1) is 0 Å². The Balaban J connectivity index is 2.14.